The van der Waals surface area contributed by atoms with Gasteiger partial charge in [0.05, 0.1) is 6.42 Å². The number of halogens is 4. The number of fused-ring (bicyclic) bond motifs is 5. The van der Waals surface area contributed by atoms with E-state index in [1.54, 1.807) is 0 Å². The molecule has 1 saturated carbocycles. The van der Waals surface area contributed by atoms with Crippen molar-refractivity contribution in [3.05, 3.63) is 12.2 Å². The van der Waals surface area contributed by atoms with Crippen LogP contribution < -0.4 is 0 Å². The second-order valence-corrected chi connectivity index (χ2v) is 6.10. The number of nitrogens with zero attached hydrogens (tertiary/aromatic N) is 1. The van der Waals surface area contributed by atoms with E-state index in [1.165, 1.54) is 6.42 Å². The minimum atomic E-state index is -4.02. The monoisotopic (exact) mass is 281 g/mol. The van der Waals surface area contributed by atoms with Crippen molar-refractivity contribution in [3.63, 3.8) is 0 Å². The summed E-state index contributed by atoms with van der Waals surface area (Å²) in [7, 11) is 0. The van der Waals surface area contributed by atoms with Crippen LogP contribution in [0.25, 0.3) is 0 Å². The Morgan fingerprint density at radius 1 is 1.33 bits per heavy atom. The summed E-state index contributed by atoms with van der Waals surface area (Å²) in [5.74, 6) is 1.82. The van der Waals surface area contributed by atoms with Crippen molar-refractivity contribution in [2.75, 3.05) is 19.6 Å². The molecule has 1 aliphatic heterocycles. The van der Waals surface area contributed by atoms with E-state index >= 15 is 0 Å². The number of rotatable bonds is 2. The van der Waals surface area contributed by atoms with Crippen LogP contribution in [-0.2, 0) is 0 Å². The van der Waals surface area contributed by atoms with Crippen molar-refractivity contribution in [2.24, 2.45) is 23.2 Å². The lowest BCUT2D eigenvalue weighted by Crippen LogP contribution is -2.32. The van der Waals surface area contributed by atoms with Gasteiger partial charge in [-0.1, -0.05) is 19.1 Å². The van der Waals surface area contributed by atoms with Crippen LogP contribution in [0.2, 0.25) is 0 Å². The van der Waals surface area contributed by atoms with Gasteiger partial charge in [0.2, 0.25) is 0 Å². The summed E-state index contributed by atoms with van der Waals surface area (Å²) in [5.41, 5.74) is 0.241. The fourth-order valence-electron chi connectivity index (χ4n) is 4.14. The van der Waals surface area contributed by atoms with Crippen molar-refractivity contribution < 1.29 is 13.2 Å². The quantitative estimate of drug-likeness (QED) is 0.700. The van der Waals surface area contributed by atoms with E-state index in [2.05, 4.69) is 19.1 Å². The average molecular weight is 282 g/mol. The molecular weight excluding hydrogens is 263 g/mol. The molecule has 104 valence electrons. The van der Waals surface area contributed by atoms with Crippen LogP contribution >= 0.6 is 12.4 Å². The molecule has 4 atom stereocenters. The molecule has 0 aromatic rings. The number of hydrogen-bond acceptors (Lipinski definition) is 1. The molecule has 2 bridgehead atoms. The Labute approximate surface area is 112 Å². The number of allylic oxidation sites excluding steroid dienone is 2. The summed E-state index contributed by atoms with van der Waals surface area (Å²) in [6.07, 6.45) is 1.11. The van der Waals surface area contributed by atoms with Gasteiger partial charge in [-0.15, -0.1) is 12.4 Å². The predicted molar refractivity (Wildman–Crippen MR) is 66.7 cm³/mol. The highest BCUT2D eigenvalue weighted by molar-refractivity contribution is 5.85. The first-order chi connectivity index (χ1) is 7.88. The Kier molecular flexibility index (Phi) is 3.48. The second-order valence-electron chi connectivity index (χ2n) is 6.10. The summed E-state index contributed by atoms with van der Waals surface area (Å²) in [4.78, 5) is 2.02. The Morgan fingerprint density at radius 2 is 2.06 bits per heavy atom. The van der Waals surface area contributed by atoms with Gasteiger partial charge >= 0.3 is 6.18 Å². The Bertz CT molecular complexity index is 355. The average Bonchev–Trinajstić information content (AvgIpc) is 2.82. The van der Waals surface area contributed by atoms with Gasteiger partial charge in [0.25, 0.3) is 0 Å². The molecule has 0 unspecified atom stereocenters. The molecule has 0 amide bonds. The molecule has 2 aliphatic carbocycles. The maximum Gasteiger partial charge on any atom is 0.390 e. The topological polar surface area (TPSA) is 3.24 Å². The zero-order valence-corrected chi connectivity index (χ0v) is 11.2. The molecule has 3 aliphatic rings. The molecule has 1 nitrogen and oxygen atoms in total. The van der Waals surface area contributed by atoms with E-state index in [1.807, 2.05) is 4.90 Å². The SMILES string of the molecule is C[C@]12CN(CCC(F)(F)F)C[C@H]1[C@H]1C=C[C@@H]2C1.Cl. The van der Waals surface area contributed by atoms with Gasteiger partial charge in [-0.3, -0.25) is 0 Å². The molecule has 3 rings (SSSR count). The summed E-state index contributed by atoms with van der Waals surface area (Å²) in [6, 6.07) is 0. The molecule has 1 saturated heterocycles. The number of alkyl halides is 3. The van der Waals surface area contributed by atoms with E-state index in [0.29, 0.717) is 17.8 Å². The van der Waals surface area contributed by atoms with E-state index in [9.17, 15) is 13.2 Å². The van der Waals surface area contributed by atoms with Gasteiger partial charge in [-0.05, 0) is 29.6 Å². The lowest BCUT2D eigenvalue weighted by Gasteiger charge is -2.32. The van der Waals surface area contributed by atoms with Crippen molar-refractivity contribution >= 4 is 12.4 Å². The maximum atomic E-state index is 12.2. The summed E-state index contributed by atoms with van der Waals surface area (Å²) < 4.78 is 36.7. The summed E-state index contributed by atoms with van der Waals surface area (Å²) in [6.45, 7) is 4.14. The van der Waals surface area contributed by atoms with Gasteiger partial charge < -0.3 is 4.90 Å². The van der Waals surface area contributed by atoms with Crippen LogP contribution in [0.15, 0.2) is 12.2 Å². The van der Waals surface area contributed by atoms with Crippen LogP contribution in [0, 0.1) is 23.2 Å². The minimum absolute atomic E-state index is 0. The van der Waals surface area contributed by atoms with E-state index in [4.69, 9.17) is 0 Å². The largest absolute Gasteiger partial charge is 0.390 e. The smallest absolute Gasteiger partial charge is 0.302 e. The molecule has 0 aromatic heterocycles. The lowest BCUT2D eigenvalue weighted by atomic mass is 9.72. The predicted octanol–water partition coefficient (Wildman–Crippen LogP) is 3.50. The third-order valence-electron chi connectivity index (χ3n) is 5.06. The first kappa shape index (κ1) is 14.2. The Hall–Kier alpha value is -0.220. The molecule has 0 spiro atoms. The third kappa shape index (κ3) is 2.18. The minimum Gasteiger partial charge on any atom is -0.302 e. The maximum absolute atomic E-state index is 12.2. The zero-order valence-electron chi connectivity index (χ0n) is 10.4. The molecule has 1 heterocycles. The molecule has 18 heavy (non-hydrogen) atoms. The van der Waals surface area contributed by atoms with E-state index in [-0.39, 0.29) is 24.4 Å². The highest BCUT2D eigenvalue weighted by Crippen LogP contribution is 2.59. The summed E-state index contributed by atoms with van der Waals surface area (Å²) >= 11 is 0. The van der Waals surface area contributed by atoms with E-state index in [0.717, 1.165) is 13.1 Å². The van der Waals surface area contributed by atoms with Gasteiger partial charge in [-0.25, -0.2) is 0 Å². The Balaban J connectivity index is 0.00000120. The molecule has 0 aromatic carbocycles. The van der Waals surface area contributed by atoms with Gasteiger partial charge in [0.1, 0.15) is 0 Å². The molecule has 0 radical (unpaired) electrons. The first-order valence-electron chi connectivity index (χ1n) is 6.36. The normalized spacial score (nSPS) is 42.1. The first-order valence-corrected chi connectivity index (χ1v) is 6.36. The van der Waals surface area contributed by atoms with Gasteiger partial charge in [0.15, 0.2) is 0 Å². The molecule has 5 heteroatoms. The second kappa shape index (κ2) is 4.41. The fourth-order valence-corrected chi connectivity index (χ4v) is 4.14. The lowest BCUT2D eigenvalue weighted by molar-refractivity contribution is -0.137. The molecule has 0 N–H and O–H groups in total. The Morgan fingerprint density at radius 3 is 2.67 bits per heavy atom. The fraction of sp³-hybridized carbons (Fsp3) is 0.846. The van der Waals surface area contributed by atoms with E-state index < -0.39 is 12.6 Å². The molecular formula is C13H19ClF3N. The van der Waals surface area contributed by atoms with Crippen molar-refractivity contribution in [1.82, 2.24) is 4.90 Å². The standard InChI is InChI=1S/C13H18F3N.ClH/c1-12-8-17(5-4-13(14,15)16)7-11(12)9-2-3-10(12)6-9;/h2-3,9-11H,4-8H2,1H3;1H/t9-,10+,11-,12+;/m0./s1. The third-order valence-corrected chi connectivity index (χ3v) is 5.06. The highest BCUT2D eigenvalue weighted by atomic mass is 35.5. The summed E-state index contributed by atoms with van der Waals surface area (Å²) in [5, 5.41) is 0. The van der Waals surface area contributed by atoms with Gasteiger partial charge in [-0.2, -0.15) is 13.2 Å². The van der Waals surface area contributed by atoms with Gasteiger partial charge in [0, 0.05) is 19.6 Å². The molecule has 2 fully saturated rings. The number of hydrogen-bond donors (Lipinski definition) is 0. The van der Waals surface area contributed by atoms with Crippen LogP contribution in [0.5, 0.6) is 0 Å². The number of likely N-dealkylation sites (tertiary alicyclic amines) is 1. The zero-order chi connectivity index (χ0) is 12.3. The van der Waals surface area contributed by atoms with Crippen LogP contribution in [-0.4, -0.2) is 30.7 Å². The van der Waals surface area contributed by atoms with Crippen LogP contribution in [0.1, 0.15) is 19.8 Å². The van der Waals surface area contributed by atoms with Crippen molar-refractivity contribution in [2.45, 2.75) is 25.9 Å². The highest BCUT2D eigenvalue weighted by Gasteiger charge is 2.57. The van der Waals surface area contributed by atoms with Crippen molar-refractivity contribution in [3.8, 4) is 0 Å². The van der Waals surface area contributed by atoms with Crippen LogP contribution in [0.4, 0.5) is 13.2 Å². The van der Waals surface area contributed by atoms with Crippen molar-refractivity contribution in [1.29, 1.82) is 0 Å². The van der Waals surface area contributed by atoms with Crippen LogP contribution in [0.3, 0.4) is 0 Å².